The molecule has 0 aromatic heterocycles. The molecule has 0 bridgehead atoms. The summed E-state index contributed by atoms with van der Waals surface area (Å²) in [4.78, 5) is 25.2. The number of fused-ring (bicyclic) bond motifs is 1. The van der Waals surface area contributed by atoms with Gasteiger partial charge < -0.3 is 14.7 Å². The first-order valence-corrected chi connectivity index (χ1v) is 6.91. The topological polar surface area (TPSA) is 66.8 Å². The summed E-state index contributed by atoms with van der Waals surface area (Å²) >= 11 is 0. The van der Waals surface area contributed by atoms with Crippen LogP contribution in [0.2, 0.25) is 0 Å². The summed E-state index contributed by atoms with van der Waals surface area (Å²) < 4.78 is 5.15. The summed E-state index contributed by atoms with van der Waals surface area (Å²) in [6, 6.07) is 5.82. The van der Waals surface area contributed by atoms with E-state index >= 15 is 0 Å². The minimum atomic E-state index is -1.01. The fourth-order valence-electron chi connectivity index (χ4n) is 2.97. The molecule has 1 aromatic carbocycles. The predicted molar refractivity (Wildman–Crippen MR) is 71.7 cm³/mol. The molecule has 106 valence electrons. The molecule has 0 saturated carbocycles. The Hall–Kier alpha value is -1.88. The van der Waals surface area contributed by atoms with Gasteiger partial charge in [0.1, 0.15) is 0 Å². The van der Waals surface area contributed by atoms with Gasteiger partial charge in [0.25, 0.3) is 5.91 Å². The van der Waals surface area contributed by atoms with Crippen molar-refractivity contribution >= 4 is 11.9 Å². The molecule has 20 heavy (non-hydrogen) atoms. The molecule has 0 radical (unpaired) electrons. The third kappa shape index (κ3) is 2.29. The number of aryl methyl sites for hydroxylation is 1. The van der Waals surface area contributed by atoms with Crippen molar-refractivity contribution in [3.63, 3.8) is 0 Å². The summed E-state index contributed by atoms with van der Waals surface area (Å²) in [5.74, 6) is -1.08. The van der Waals surface area contributed by atoms with Gasteiger partial charge in [0, 0.05) is 12.1 Å². The van der Waals surface area contributed by atoms with Crippen LogP contribution in [-0.2, 0) is 22.4 Å². The molecular formula is C15H17NO4. The molecule has 1 heterocycles. The molecule has 1 aliphatic carbocycles. The van der Waals surface area contributed by atoms with E-state index in [9.17, 15) is 9.59 Å². The molecule has 1 atom stereocenters. The molecule has 3 rings (SSSR count). The van der Waals surface area contributed by atoms with E-state index in [2.05, 4.69) is 6.07 Å². The molecule has 5 heteroatoms. The van der Waals surface area contributed by atoms with E-state index < -0.39 is 12.1 Å². The van der Waals surface area contributed by atoms with Crippen LogP contribution >= 0.6 is 0 Å². The molecule has 5 nitrogen and oxygen atoms in total. The van der Waals surface area contributed by atoms with Gasteiger partial charge in [-0.3, -0.25) is 4.79 Å². The summed E-state index contributed by atoms with van der Waals surface area (Å²) in [5, 5.41) is 9.00. The molecule has 0 unspecified atom stereocenters. The monoisotopic (exact) mass is 275 g/mol. The lowest BCUT2D eigenvalue weighted by molar-refractivity contribution is -0.154. The fraction of sp³-hybridized carbons (Fsp3) is 0.467. The quantitative estimate of drug-likeness (QED) is 0.877. The highest BCUT2D eigenvalue weighted by molar-refractivity contribution is 5.96. The van der Waals surface area contributed by atoms with Crippen molar-refractivity contribution in [2.24, 2.45) is 0 Å². The first-order chi connectivity index (χ1) is 9.66. The molecular weight excluding hydrogens is 258 g/mol. The number of carboxylic acids is 1. The van der Waals surface area contributed by atoms with E-state index in [1.807, 2.05) is 12.1 Å². The smallest absolute Gasteiger partial charge is 0.334 e. The fourth-order valence-corrected chi connectivity index (χ4v) is 2.97. The Bertz CT molecular complexity index is 555. The second-order valence-corrected chi connectivity index (χ2v) is 5.25. The maximum absolute atomic E-state index is 12.6. The number of amides is 1. The molecule has 1 aliphatic heterocycles. The van der Waals surface area contributed by atoms with Gasteiger partial charge in [-0.25, -0.2) is 4.79 Å². The number of hydrogen-bond acceptors (Lipinski definition) is 3. The maximum Gasteiger partial charge on any atom is 0.334 e. The number of carbonyl (C=O) groups excluding carboxylic acids is 1. The summed E-state index contributed by atoms with van der Waals surface area (Å²) in [7, 11) is 0. The van der Waals surface area contributed by atoms with Crippen molar-refractivity contribution in [2.45, 2.75) is 25.4 Å². The Morgan fingerprint density at radius 1 is 1.30 bits per heavy atom. The predicted octanol–water partition coefficient (Wildman–Crippen LogP) is 1.10. The van der Waals surface area contributed by atoms with Crippen LogP contribution in [0.3, 0.4) is 0 Å². The first kappa shape index (κ1) is 13.1. The minimum Gasteiger partial charge on any atom is -0.479 e. The largest absolute Gasteiger partial charge is 0.479 e. The number of ether oxygens (including phenoxy) is 1. The number of nitrogens with zero attached hydrogens (tertiary/aromatic N) is 1. The van der Waals surface area contributed by atoms with Crippen molar-refractivity contribution in [3.05, 3.63) is 34.9 Å². The number of aliphatic carboxylic acids is 1. The highest BCUT2D eigenvalue weighted by Gasteiger charge is 2.31. The van der Waals surface area contributed by atoms with Crippen LogP contribution in [0.1, 0.15) is 27.9 Å². The zero-order valence-electron chi connectivity index (χ0n) is 11.2. The van der Waals surface area contributed by atoms with Crippen LogP contribution < -0.4 is 0 Å². The van der Waals surface area contributed by atoms with Gasteiger partial charge in [-0.05, 0) is 36.5 Å². The Morgan fingerprint density at radius 2 is 2.15 bits per heavy atom. The molecule has 1 aromatic rings. The average Bonchev–Trinajstić information content (AvgIpc) is 2.95. The standard InChI is InChI=1S/C15H17NO4/c17-14(16-7-8-20-13(9-16)15(18)19)12-6-2-4-10-3-1-5-11(10)12/h2,4,6,13H,1,3,5,7-9H2,(H,18,19)/t13-/m0/s1. The lowest BCUT2D eigenvalue weighted by atomic mass is 10.0. The second-order valence-electron chi connectivity index (χ2n) is 5.25. The molecule has 1 saturated heterocycles. The van der Waals surface area contributed by atoms with Crippen molar-refractivity contribution in [3.8, 4) is 0 Å². The van der Waals surface area contributed by atoms with Gasteiger partial charge in [0.05, 0.1) is 13.2 Å². The van der Waals surface area contributed by atoms with E-state index in [-0.39, 0.29) is 19.1 Å². The summed E-state index contributed by atoms with van der Waals surface area (Å²) in [5.41, 5.74) is 3.11. The van der Waals surface area contributed by atoms with Gasteiger partial charge in [0.15, 0.2) is 6.10 Å². The Labute approximate surface area is 117 Å². The van der Waals surface area contributed by atoms with E-state index in [0.29, 0.717) is 6.54 Å². The number of benzene rings is 1. The molecule has 0 spiro atoms. The van der Waals surface area contributed by atoms with Gasteiger partial charge >= 0.3 is 5.97 Å². The number of hydrogen-bond donors (Lipinski definition) is 1. The van der Waals surface area contributed by atoms with Crippen molar-refractivity contribution in [2.75, 3.05) is 19.7 Å². The van der Waals surface area contributed by atoms with Crippen LogP contribution in [0.4, 0.5) is 0 Å². The normalized spacial score (nSPS) is 21.6. The van der Waals surface area contributed by atoms with Crippen LogP contribution in [0.25, 0.3) is 0 Å². The Balaban J connectivity index is 1.82. The van der Waals surface area contributed by atoms with E-state index in [0.717, 1.165) is 30.4 Å². The van der Waals surface area contributed by atoms with Crippen LogP contribution in [0.15, 0.2) is 18.2 Å². The van der Waals surface area contributed by atoms with Gasteiger partial charge in [0.2, 0.25) is 0 Å². The number of rotatable bonds is 2. The molecule has 1 N–H and O–H groups in total. The molecule has 2 aliphatic rings. The zero-order chi connectivity index (χ0) is 14.1. The van der Waals surface area contributed by atoms with Crippen molar-refractivity contribution in [1.29, 1.82) is 0 Å². The number of morpholine rings is 1. The van der Waals surface area contributed by atoms with Gasteiger partial charge in [-0.15, -0.1) is 0 Å². The highest BCUT2D eigenvalue weighted by Crippen LogP contribution is 2.26. The molecule has 1 amide bonds. The van der Waals surface area contributed by atoms with Crippen LogP contribution in [-0.4, -0.2) is 47.7 Å². The first-order valence-electron chi connectivity index (χ1n) is 6.91. The zero-order valence-corrected chi connectivity index (χ0v) is 11.2. The van der Waals surface area contributed by atoms with Gasteiger partial charge in [-0.2, -0.15) is 0 Å². The van der Waals surface area contributed by atoms with E-state index in [1.165, 1.54) is 5.56 Å². The van der Waals surface area contributed by atoms with E-state index in [4.69, 9.17) is 9.84 Å². The van der Waals surface area contributed by atoms with Crippen LogP contribution in [0.5, 0.6) is 0 Å². The summed E-state index contributed by atoms with van der Waals surface area (Å²) in [6.07, 6.45) is 2.13. The SMILES string of the molecule is O=C(O)[C@@H]1CN(C(=O)c2cccc3c2CCC3)CCO1. The lowest BCUT2D eigenvalue weighted by Gasteiger charge is -2.31. The second kappa shape index (κ2) is 5.25. The third-order valence-electron chi connectivity index (χ3n) is 4.01. The molecule has 1 fully saturated rings. The number of carbonyl (C=O) groups is 2. The Kier molecular flexibility index (Phi) is 3.44. The Morgan fingerprint density at radius 3 is 2.95 bits per heavy atom. The highest BCUT2D eigenvalue weighted by atomic mass is 16.5. The third-order valence-corrected chi connectivity index (χ3v) is 4.01. The minimum absolute atomic E-state index is 0.0710. The van der Waals surface area contributed by atoms with Crippen molar-refractivity contribution < 1.29 is 19.4 Å². The number of carboxylic acid groups (broad SMARTS) is 1. The maximum atomic E-state index is 12.6. The summed E-state index contributed by atoms with van der Waals surface area (Å²) in [6.45, 7) is 0.849. The van der Waals surface area contributed by atoms with Crippen LogP contribution in [0, 0.1) is 0 Å². The lowest BCUT2D eigenvalue weighted by Crippen LogP contribution is -2.48. The van der Waals surface area contributed by atoms with Gasteiger partial charge in [-0.1, -0.05) is 12.1 Å². The van der Waals surface area contributed by atoms with Crippen molar-refractivity contribution in [1.82, 2.24) is 4.90 Å². The average molecular weight is 275 g/mol. The van der Waals surface area contributed by atoms with E-state index in [1.54, 1.807) is 4.90 Å².